The van der Waals surface area contributed by atoms with Crippen LogP contribution < -0.4 is 9.84 Å². The molecule has 170 valence electrons. The Balaban J connectivity index is 1.44. The van der Waals surface area contributed by atoms with Gasteiger partial charge in [0.25, 0.3) is 0 Å². The smallest absolute Gasteiger partial charge is 0.223 e. The quantitative estimate of drug-likeness (QED) is 0.370. The Bertz CT molecular complexity index is 1250. The van der Waals surface area contributed by atoms with Gasteiger partial charge in [-0.15, -0.1) is 0 Å². The maximum absolute atomic E-state index is 10.7. The van der Waals surface area contributed by atoms with E-state index in [-0.39, 0.29) is 5.92 Å². The van der Waals surface area contributed by atoms with Crippen molar-refractivity contribution in [2.75, 3.05) is 6.61 Å². The van der Waals surface area contributed by atoms with E-state index in [0.717, 1.165) is 53.0 Å². The van der Waals surface area contributed by atoms with E-state index in [1.165, 1.54) is 0 Å². The van der Waals surface area contributed by atoms with E-state index < -0.39 is 12.6 Å². The maximum atomic E-state index is 10.7. The highest BCUT2D eigenvalue weighted by atomic mass is 16.5. The molecule has 5 nitrogen and oxygen atoms in total. The number of carbonyl (C=O) groups is 1. The van der Waals surface area contributed by atoms with Gasteiger partial charge >= 0.3 is 0 Å². The summed E-state index contributed by atoms with van der Waals surface area (Å²) in [7, 11) is 0. The summed E-state index contributed by atoms with van der Waals surface area (Å²) < 4.78 is 11.7. The van der Waals surface area contributed by atoms with E-state index in [1.807, 2.05) is 78.9 Å². The summed E-state index contributed by atoms with van der Waals surface area (Å²) in [4.78, 5) is 15.7. The van der Waals surface area contributed by atoms with Crippen molar-refractivity contribution in [1.82, 2.24) is 4.98 Å². The molecule has 5 heteroatoms. The fourth-order valence-corrected chi connectivity index (χ4v) is 4.45. The van der Waals surface area contributed by atoms with Crippen LogP contribution in [0.1, 0.15) is 24.3 Å². The van der Waals surface area contributed by atoms with Gasteiger partial charge < -0.3 is 19.1 Å². The molecular weight excluding hydrogens is 426 g/mol. The Morgan fingerprint density at radius 2 is 1.71 bits per heavy atom. The van der Waals surface area contributed by atoms with E-state index >= 15 is 0 Å². The lowest BCUT2D eigenvalue weighted by molar-refractivity contribution is -0.307. The SMILES string of the molecule is O=C([O-])COc1cccc(C[C@@H]2CCC=C2c2nc(-c3ccccc3)c(-c3ccccc3)o2)c1. The van der Waals surface area contributed by atoms with Gasteiger partial charge in [0.1, 0.15) is 18.1 Å². The summed E-state index contributed by atoms with van der Waals surface area (Å²) in [6, 6.07) is 27.7. The molecule has 1 aliphatic carbocycles. The van der Waals surface area contributed by atoms with Crippen LogP contribution in [-0.4, -0.2) is 17.6 Å². The predicted molar refractivity (Wildman–Crippen MR) is 129 cm³/mol. The maximum Gasteiger partial charge on any atom is 0.223 e. The van der Waals surface area contributed by atoms with Crippen molar-refractivity contribution in [3.63, 3.8) is 0 Å². The Kier molecular flexibility index (Phi) is 6.25. The number of nitrogens with zero attached hydrogens (tertiary/aromatic N) is 1. The minimum Gasteiger partial charge on any atom is -0.546 e. The second-order valence-corrected chi connectivity index (χ2v) is 8.37. The first-order valence-corrected chi connectivity index (χ1v) is 11.4. The lowest BCUT2D eigenvalue weighted by Crippen LogP contribution is -2.28. The van der Waals surface area contributed by atoms with Crippen LogP contribution in [0.3, 0.4) is 0 Å². The van der Waals surface area contributed by atoms with Crippen LogP contribution in [0.15, 0.2) is 95.4 Å². The second kappa shape index (κ2) is 9.79. The van der Waals surface area contributed by atoms with Crippen molar-refractivity contribution in [3.05, 3.63) is 102 Å². The molecule has 0 fully saturated rings. The molecule has 0 unspecified atom stereocenters. The molecule has 1 aromatic heterocycles. The third-order valence-corrected chi connectivity index (χ3v) is 6.01. The van der Waals surface area contributed by atoms with Crippen molar-refractivity contribution in [2.24, 2.45) is 5.92 Å². The highest BCUT2D eigenvalue weighted by molar-refractivity contribution is 5.79. The molecule has 0 radical (unpaired) electrons. The lowest BCUT2D eigenvalue weighted by atomic mass is 9.93. The van der Waals surface area contributed by atoms with Crippen LogP contribution in [0.4, 0.5) is 0 Å². The molecule has 4 aromatic rings. The summed E-state index contributed by atoms with van der Waals surface area (Å²) in [5.74, 6) is 0.968. The summed E-state index contributed by atoms with van der Waals surface area (Å²) in [5.41, 5.74) is 5.04. The van der Waals surface area contributed by atoms with Crippen LogP contribution in [0.25, 0.3) is 28.2 Å². The van der Waals surface area contributed by atoms with Gasteiger partial charge in [0.15, 0.2) is 5.76 Å². The molecule has 3 aromatic carbocycles. The average Bonchev–Trinajstić information content (AvgIpc) is 3.51. The third-order valence-electron chi connectivity index (χ3n) is 6.01. The Labute approximate surface area is 198 Å². The van der Waals surface area contributed by atoms with Crippen LogP contribution >= 0.6 is 0 Å². The van der Waals surface area contributed by atoms with E-state index in [9.17, 15) is 9.90 Å². The Morgan fingerprint density at radius 3 is 2.44 bits per heavy atom. The standard InChI is InChI=1S/C29H25NO4/c31-26(32)19-33-24-15-7-9-20(18-24)17-23-14-8-16-25(23)29-30-27(21-10-3-1-4-11-21)28(34-29)22-12-5-2-6-13-22/h1-7,9-13,15-16,18,23H,8,14,17,19H2,(H,31,32)/p-1/t23-/m0/s1. The topological polar surface area (TPSA) is 75.4 Å². The second-order valence-electron chi connectivity index (χ2n) is 8.37. The van der Waals surface area contributed by atoms with Crippen molar-refractivity contribution >= 4 is 11.5 Å². The lowest BCUT2D eigenvalue weighted by Gasteiger charge is -2.14. The van der Waals surface area contributed by atoms with Crippen LogP contribution in [-0.2, 0) is 11.2 Å². The Hall–Kier alpha value is -4.12. The fraction of sp³-hybridized carbons (Fsp3) is 0.172. The summed E-state index contributed by atoms with van der Waals surface area (Å²) >= 11 is 0. The molecule has 0 bridgehead atoms. The van der Waals surface area contributed by atoms with Gasteiger partial charge in [0, 0.05) is 16.7 Å². The number of ether oxygens (including phenoxy) is 1. The first-order valence-electron chi connectivity index (χ1n) is 11.4. The molecule has 1 atom stereocenters. The number of oxazole rings is 1. The van der Waals surface area contributed by atoms with E-state index in [0.29, 0.717) is 11.6 Å². The first-order chi connectivity index (χ1) is 16.7. The highest BCUT2D eigenvalue weighted by Crippen LogP contribution is 2.40. The van der Waals surface area contributed by atoms with Crippen LogP contribution in [0.5, 0.6) is 5.75 Å². The number of rotatable bonds is 8. The Morgan fingerprint density at radius 1 is 0.971 bits per heavy atom. The molecule has 5 rings (SSSR count). The van der Waals surface area contributed by atoms with E-state index in [1.54, 1.807) is 6.07 Å². The van der Waals surface area contributed by atoms with Crippen molar-refractivity contribution < 1.29 is 19.1 Å². The van der Waals surface area contributed by atoms with Crippen molar-refractivity contribution in [2.45, 2.75) is 19.3 Å². The van der Waals surface area contributed by atoms with Gasteiger partial charge in [-0.1, -0.05) is 78.9 Å². The molecule has 1 heterocycles. The zero-order chi connectivity index (χ0) is 23.3. The molecule has 0 spiro atoms. The highest BCUT2D eigenvalue weighted by Gasteiger charge is 2.27. The minimum atomic E-state index is -1.24. The van der Waals surface area contributed by atoms with E-state index in [2.05, 4.69) is 6.08 Å². The van der Waals surface area contributed by atoms with Crippen molar-refractivity contribution in [3.8, 4) is 28.3 Å². The van der Waals surface area contributed by atoms with Gasteiger partial charge in [-0.3, -0.25) is 0 Å². The number of benzene rings is 3. The zero-order valence-corrected chi connectivity index (χ0v) is 18.6. The number of aliphatic carboxylic acids is 1. The average molecular weight is 451 g/mol. The van der Waals surface area contributed by atoms with Gasteiger partial charge in [0.05, 0.1) is 5.97 Å². The molecule has 0 saturated carbocycles. The largest absolute Gasteiger partial charge is 0.546 e. The van der Waals surface area contributed by atoms with Gasteiger partial charge in [0.2, 0.25) is 5.89 Å². The number of aromatic nitrogens is 1. The molecule has 1 aliphatic rings. The summed E-state index contributed by atoms with van der Waals surface area (Å²) in [6.45, 7) is -0.459. The summed E-state index contributed by atoms with van der Waals surface area (Å²) in [5, 5.41) is 10.7. The number of carboxylic acids is 1. The molecular formula is C29H24NO4-. The minimum absolute atomic E-state index is 0.252. The first kappa shape index (κ1) is 21.7. The molecule has 0 amide bonds. The predicted octanol–water partition coefficient (Wildman–Crippen LogP) is 5.17. The molecule has 0 aliphatic heterocycles. The van der Waals surface area contributed by atoms with Gasteiger partial charge in [-0.2, -0.15) is 0 Å². The molecule has 0 N–H and O–H groups in total. The van der Waals surface area contributed by atoms with Crippen LogP contribution in [0, 0.1) is 5.92 Å². The molecule has 0 saturated heterocycles. The number of carbonyl (C=O) groups excluding carboxylic acids is 1. The third kappa shape index (κ3) is 4.79. The van der Waals surface area contributed by atoms with Crippen LogP contribution in [0.2, 0.25) is 0 Å². The monoisotopic (exact) mass is 450 g/mol. The number of allylic oxidation sites excluding steroid dienone is 2. The number of carboxylic acid groups (broad SMARTS) is 1. The normalized spacial score (nSPS) is 15.2. The summed E-state index contributed by atoms with van der Waals surface area (Å²) in [6.07, 6.45) is 4.97. The fourth-order valence-electron chi connectivity index (χ4n) is 4.45. The number of hydrogen-bond donors (Lipinski definition) is 0. The van der Waals surface area contributed by atoms with Gasteiger partial charge in [-0.05, 0) is 42.9 Å². The van der Waals surface area contributed by atoms with E-state index in [4.69, 9.17) is 14.1 Å². The number of hydrogen-bond acceptors (Lipinski definition) is 5. The molecule has 34 heavy (non-hydrogen) atoms. The zero-order valence-electron chi connectivity index (χ0n) is 18.6. The van der Waals surface area contributed by atoms with Gasteiger partial charge in [-0.25, -0.2) is 4.98 Å². The van der Waals surface area contributed by atoms with Crippen molar-refractivity contribution in [1.29, 1.82) is 0 Å².